The molecule has 0 saturated carbocycles. The van der Waals surface area contributed by atoms with E-state index in [9.17, 15) is 4.79 Å². The molecule has 2 rings (SSSR count). The Morgan fingerprint density at radius 3 is 3.00 bits per heavy atom. The van der Waals surface area contributed by atoms with E-state index in [2.05, 4.69) is 9.97 Å². The topological polar surface area (TPSA) is 68.0 Å². The zero-order chi connectivity index (χ0) is 10.1. The summed E-state index contributed by atoms with van der Waals surface area (Å²) in [5.41, 5.74) is 1.31. The van der Waals surface area contributed by atoms with Crippen molar-refractivity contribution < 1.29 is 9.90 Å². The van der Waals surface area contributed by atoms with E-state index < -0.39 is 5.97 Å². The first-order chi connectivity index (χ1) is 6.74. The van der Waals surface area contributed by atoms with Crippen molar-refractivity contribution in [3.63, 3.8) is 0 Å². The fraction of sp³-hybridized carbons (Fsp3) is 0.222. The number of aromatic nitrogens is 3. The van der Waals surface area contributed by atoms with Gasteiger partial charge in [-0.05, 0) is 13.0 Å². The molecule has 0 unspecified atom stereocenters. The highest BCUT2D eigenvalue weighted by Gasteiger charge is 2.13. The summed E-state index contributed by atoms with van der Waals surface area (Å²) >= 11 is 0. The predicted molar refractivity (Wildman–Crippen MR) is 50.2 cm³/mol. The Balaban J connectivity index is 2.81. The third-order valence-corrected chi connectivity index (χ3v) is 2.07. The van der Waals surface area contributed by atoms with Crippen LogP contribution in [0.1, 0.15) is 17.4 Å². The Labute approximate surface area is 80.0 Å². The van der Waals surface area contributed by atoms with Gasteiger partial charge in [0.15, 0.2) is 5.69 Å². The maximum Gasteiger partial charge on any atom is 0.356 e. The van der Waals surface area contributed by atoms with Gasteiger partial charge in [-0.25, -0.2) is 14.8 Å². The Bertz CT molecular complexity index is 490. The van der Waals surface area contributed by atoms with E-state index in [0.29, 0.717) is 17.6 Å². The van der Waals surface area contributed by atoms with Gasteiger partial charge in [0.05, 0.1) is 11.8 Å². The van der Waals surface area contributed by atoms with Gasteiger partial charge in [0.1, 0.15) is 5.52 Å². The third kappa shape index (κ3) is 1.14. The quantitative estimate of drug-likeness (QED) is 0.773. The largest absolute Gasteiger partial charge is 0.476 e. The van der Waals surface area contributed by atoms with Crippen LogP contribution in [0.4, 0.5) is 0 Å². The second-order valence-corrected chi connectivity index (χ2v) is 2.86. The average molecular weight is 191 g/mol. The van der Waals surface area contributed by atoms with E-state index in [-0.39, 0.29) is 5.69 Å². The van der Waals surface area contributed by atoms with Crippen molar-refractivity contribution in [1.29, 1.82) is 0 Å². The zero-order valence-electron chi connectivity index (χ0n) is 7.64. The lowest BCUT2D eigenvalue weighted by Gasteiger charge is -2.01. The first kappa shape index (κ1) is 8.68. The van der Waals surface area contributed by atoms with Crippen LogP contribution in [0.3, 0.4) is 0 Å². The van der Waals surface area contributed by atoms with Gasteiger partial charge in [0, 0.05) is 12.7 Å². The molecular weight excluding hydrogens is 182 g/mol. The summed E-state index contributed by atoms with van der Waals surface area (Å²) in [5.74, 6) is -1.02. The minimum atomic E-state index is -1.02. The van der Waals surface area contributed by atoms with Crippen LogP contribution in [0.25, 0.3) is 11.0 Å². The molecule has 0 spiro atoms. The number of pyridine rings is 1. The summed E-state index contributed by atoms with van der Waals surface area (Å²) in [6.07, 6.45) is 3.08. The number of rotatable bonds is 2. The highest BCUT2D eigenvalue weighted by atomic mass is 16.4. The first-order valence-electron chi connectivity index (χ1n) is 4.27. The smallest absolute Gasteiger partial charge is 0.356 e. The molecule has 2 aromatic rings. The van der Waals surface area contributed by atoms with E-state index in [4.69, 9.17) is 5.11 Å². The molecule has 0 aliphatic rings. The second-order valence-electron chi connectivity index (χ2n) is 2.86. The van der Waals surface area contributed by atoms with E-state index in [1.165, 1.54) is 6.20 Å². The van der Waals surface area contributed by atoms with Crippen LogP contribution in [0.5, 0.6) is 0 Å². The highest BCUT2D eigenvalue weighted by molar-refractivity contribution is 5.98. The SMILES string of the molecule is CCn1cnc2ccnc(C(=O)O)c21. The van der Waals surface area contributed by atoms with Crippen LogP contribution in [0.2, 0.25) is 0 Å². The molecule has 72 valence electrons. The molecule has 0 fully saturated rings. The fourth-order valence-corrected chi connectivity index (χ4v) is 1.42. The molecule has 0 bridgehead atoms. The van der Waals surface area contributed by atoms with Gasteiger partial charge in [-0.3, -0.25) is 0 Å². The summed E-state index contributed by atoms with van der Waals surface area (Å²) in [5, 5.41) is 8.92. The van der Waals surface area contributed by atoms with Crippen molar-refractivity contribution in [2.24, 2.45) is 0 Å². The van der Waals surface area contributed by atoms with Gasteiger partial charge >= 0.3 is 5.97 Å². The lowest BCUT2D eigenvalue weighted by atomic mass is 10.3. The van der Waals surface area contributed by atoms with E-state index in [1.807, 2.05) is 6.92 Å². The summed E-state index contributed by atoms with van der Waals surface area (Å²) in [6.45, 7) is 2.61. The molecule has 0 amide bonds. The molecular formula is C9H9N3O2. The van der Waals surface area contributed by atoms with E-state index >= 15 is 0 Å². The standard InChI is InChI=1S/C9H9N3O2/c1-2-12-5-11-6-3-4-10-7(8(6)12)9(13)14/h3-5H,2H2,1H3,(H,13,14). The number of imidazole rings is 1. The van der Waals surface area contributed by atoms with Gasteiger partial charge < -0.3 is 9.67 Å². The molecule has 0 saturated heterocycles. The second kappa shape index (κ2) is 3.10. The van der Waals surface area contributed by atoms with Crippen molar-refractivity contribution in [3.8, 4) is 0 Å². The van der Waals surface area contributed by atoms with E-state index in [0.717, 1.165) is 0 Å². The molecule has 5 nitrogen and oxygen atoms in total. The number of hydrogen-bond donors (Lipinski definition) is 1. The average Bonchev–Trinajstić information content (AvgIpc) is 2.59. The van der Waals surface area contributed by atoms with Crippen LogP contribution in [0, 0.1) is 0 Å². The number of hydrogen-bond acceptors (Lipinski definition) is 3. The van der Waals surface area contributed by atoms with Gasteiger partial charge in [0.25, 0.3) is 0 Å². The highest BCUT2D eigenvalue weighted by Crippen LogP contribution is 2.15. The Morgan fingerprint density at radius 1 is 1.57 bits per heavy atom. The Hall–Kier alpha value is -1.91. The molecule has 14 heavy (non-hydrogen) atoms. The Kier molecular flexibility index (Phi) is 1.92. The van der Waals surface area contributed by atoms with Crippen molar-refractivity contribution in [2.45, 2.75) is 13.5 Å². The molecule has 0 radical (unpaired) electrons. The number of fused-ring (bicyclic) bond motifs is 1. The van der Waals surface area contributed by atoms with Crippen LogP contribution in [0.15, 0.2) is 18.6 Å². The number of nitrogens with zero attached hydrogens (tertiary/aromatic N) is 3. The van der Waals surface area contributed by atoms with E-state index in [1.54, 1.807) is 17.0 Å². The van der Waals surface area contributed by atoms with Crippen molar-refractivity contribution >= 4 is 17.0 Å². The third-order valence-electron chi connectivity index (χ3n) is 2.07. The van der Waals surface area contributed by atoms with Crippen molar-refractivity contribution in [1.82, 2.24) is 14.5 Å². The molecule has 0 aromatic carbocycles. The van der Waals surface area contributed by atoms with Crippen molar-refractivity contribution in [3.05, 3.63) is 24.3 Å². The van der Waals surface area contributed by atoms with Crippen LogP contribution in [-0.4, -0.2) is 25.6 Å². The van der Waals surface area contributed by atoms with Crippen molar-refractivity contribution in [2.75, 3.05) is 0 Å². The first-order valence-corrected chi connectivity index (χ1v) is 4.27. The monoisotopic (exact) mass is 191 g/mol. The molecule has 0 aliphatic carbocycles. The lowest BCUT2D eigenvalue weighted by Crippen LogP contribution is -2.04. The van der Waals surface area contributed by atoms with Crippen LogP contribution in [-0.2, 0) is 6.54 Å². The number of aryl methyl sites for hydroxylation is 1. The molecule has 2 heterocycles. The number of aromatic carboxylic acids is 1. The van der Waals surface area contributed by atoms with Crippen LogP contribution < -0.4 is 0 Å². The van der Waals surface area contributed by atoms with Crippen LogP contribution >= 0.6 is 0 Å². The summed E-state index contributed by atoms with van der Waals surface area (Å²) < 4.78 is 1.77. The maximum atomic E-state index is 10.9. The number of carboxylic acid groups (broad SMARTS) is 1. The molecule has 5 heteroatoms. The summed E-state index contributed by atoms with van der Waals surface area (Å²) in [6, 6.07) is 1.70. The lowest BCUT2D eigenvalue weighted by molar-refractivity contribution is 0.0692. The molecule has 1 N–H and O–H groups in total. The molecule has 2 aromatic heterocycles. The zero-order valence-corrected chi connectivity index (χ0v) is 7.64. The van der Waals surface area contributed by atoms with Gasteiger partial charge in [-0.2, -0.15) is 0 Å². The van der Waals surface area contributed by atoms with Gasteiger partial charge in [-0.15, -0.1) is 0 Å². The minimum absolute atomic E-state index is 0.0573. The molecule has 0 atom stereocenters. The maximum absolute atomic E-state index is 10.9. The summed E-state index contributed by atoms with van der Waals surface area (Å²) in [7, 11) is 0. The minimum Gasteiger partial charge on any atom is -0.476 e. The predicted octanol–water partition coefficient (Wildman–Crippen LogP) is 1.15. The van der Waals surface area contributed by atoms with Gasteiger partial charge in [-0.1, -0.05) is 0 Å². The van der Waals surface area contributed by atoms with Gasteiger partial charge in [0.2, 0.25) is 0 Å². The Morgan fingerprint density at radius 2 is 2.36 bits per heavy atom. The fourth-order valence-electron chi connectivity index (χ4n) is 1.42. The summed E-state index contributed by atoms with van der Waals surface area (Å²) in [4.78, 5) is 18.8. The number of carboxylic acids is 1. The molecule has 0 aliphatic heterocycles. The normalized spacial score (nSPS) is 10.6. The number of carbonyl (C=O) groups is 1.